The Morgan fingerprint density at radius 1 is 0.979 bits per heavy atom. The molecule has 0 saturated carbocycles. The smallest absolute Gasteiger partial charge is 0.416 e. The van der Waals surface area contributed by atoms with Crippen LogP contribution in [0.1, 0.15) is 63.3 Å². The van der Waals surface area contributed by atoms with Crippen LogP contribution in [0.15, 0.2) is 54.4 Å². The SMILES string of the molecule is CC(C)(C)OC(=O)NC(C)(C)c1cc(NC(=O)NC2=C3c4cc(Oc5ccnc6c5CCC(=O)N6)ccc4OC23)cc(C(F)(F)F)c1. The average molecular weight is 652 g/mol. The number of urea groups is 1. The summed E-state index contributed by atoms with van der Waals surface area (Å²) in [5, 5.41) is 10.5. The Morgan fingerprint density at radius 3 is 2.45 bits per heavy atom. The van der Waals surface area contributed by atoms with Crippen LogP contribution >= 0.6 is 0 Å². The van der Waals surface area contributed by atoms with Crippen LogP contribution in [-0.4, -0.2) is 34.7 Å². The van der Waals surface area contributed by atoms with E-state index in [0.717, 1.165) is 23.3 Å². The third-order valence-corrected chi connectivity index (χ3v) is 7.62. The minimum atomic E-state index is -4.72. The van der Waals surface area contributed by atoms with Gasteiger partial charge in [-0.25, -0.2) is 14.6 Å². The minimum absolute atomic E-state index is 0.0986. The molecule has 2 aromatic carbocycles. The fourth-order valence-electron chi connectivity index (χ4n) is 5.37. The first-order chi connectivity index (χ1) is 22.0. The highest BCUT2D eigenvalue weighted by Gasteiger charge is 2.48. The first-order valence-corrected chi connectivity index (χ1v) is 14.8. The largest absolute Gasteiger partial charge is 0.479 e. The van der Waals surface area contributed by atoms with E-state index in [2.05, 4.69) is 26.3 Å². The number of rotatable bonds is 6. The monoisotopic (exact) mass is 651 g/mol. The molecule has 4 amide bonds. The second-order valence-corrected chi connectivity index (χ2v) is 12.9. The van der Waals surface area contributed by atoms with Gasteiger partial charge in [-0.2, -0.15) is 13.2 Å². The molecule has 0 bridgehead atoms. The van der Waals surface area contributed by atoms with Crippen LogP contribution in [0.3, 0.4) is 0 Å². The molecule has 1 aliphatic carbocycles. The van der Waals surface area contributed by atoms with Crippen molar-refractivity contribution in [3.05, 3.63) is 76.6 Å². The summed E-state index contributed by atoms with van der Waals surface area (Å²) in [4.78, 5) is 41.4. The number of nitrogens with one attached hydrogen (secondary N) is 4. The summed E-state index contributed by atoms with van der Waals surface area (Å²) in [5.74, 6) is 2.00. The van der Waals surface area contributed by atoms with Crippen molar-refractivity contribution in [2.75, 3.05) is 10.6 Å². The first kappa shape index (κ1) is 31.7. The lowest BCUT2D eigenvalue weighted by molar-refractivity contribution is -0.137. The van der Waals surface area contributed by atoms with E-state index in [4.69, 9.17) is 14.2 Å². The summed E-state index contributed by atoms with van der Waals surface area (Å²) in [6.45, 7) is 8.07. The molecule has 0 saturated heterocycles. The summed E-state index contributed by atoms with van der Waals surface area (Å²) in [5.41, 5.74) is -0.449. The molecule has 0 fully saturated rings. The Morgan fingerprint density at radius 2 is 1.72 bits per heavy atom. The molecule has 1 unspecified atom stereocenters. The van der Waals surface area contributed by atoms with Crippen molar-refractivity contribution >= 4 is 35.1 Å². The number of benzene rings is 2. The molecule has 47 heavy (non-hydrogen) atoms. The molecule has 0 radical (unpaired) electrons. The molecule has 246 valence electrons. The zero-order chi connectivity index (χ0) is 33.9. The van der Waals surface area contributed by atoms with E-state index in [1.807, 2.05) is 0 Å². The van der Waals surface area contributed by atoms with Crippen LogP contribution in [0.25, 0.3) is 5.57 Å². The fraction of sp³-hybridized carbons (Fsp3) is 0.333. The van der Waals surface area contributed by atoms with E-state index >= 15 is 0 Å². The molecule has 3 aromatic rings. The standard InChI is InChI=1S/C33H32F3N5O6/c1-31(2,3)47-30(44)41-32(4,5)16-12-17(33(34,35)36)14-18(13-16)38-29(43)40-26-25-21-15-19(6-8-22(21)46-27(25)26)45-23-10-11-37-28-20(23)7-9-24(42)39-28/h6,8,10-15,27H,7,9H2,1-5H3,(H,41,44)(H,37,39,42)(H2,38,40,43). The molecule has 3 aliphatic rings. The highest BCUT2D eigenvalue weighted by Crippen LogP contribution is 2.52. The van der Waals surface area contributed by atoms with Crippen molar-refractivity contribution in [2.24, 2.45) is 0 Å². The molecule has 1 atom stereocenters. The van der Waals surface area contributed by atoms with Crippen LogP contribution in [0.2, 0.25) is 0 Å². The third kappa shape index (κ3) is 6.81. The van der Waals surface area contributed by atoms with Gasteiger partial charge in [0.2, 0.25) is 5.91 Å². The van der Waals surface area contributed by atoms with E-state index in [0.29, 0.717) is 47.2 Å². The van der Waals surface area contributed by atoms with Crippen molar-refractivity contribution in [3.8, 4) is 17.2 Å². The number of hydrogen-bond donors (Lipinski definition) is 4. The lowest BCUT2D eigenvalue weighted by Gasteiger charge is -2.30. The van der Waals surface area contributed by atoms with E-state index in [1.54, 1.807) is 51.2 Å². The number of amides is 4. The number of halogens is 3. The maximum atomic E-state index is 13.8. The Balaban J connectivity index is 1.18. The molecule has 4 N–H and O–H groups in total. The quantitative estimate of drug-likeness (QED) is 0.229. The van der Waals surface area contributed by atoms with Crippen molar-refractivity contribution < 1.29 is 41.8 Å². The van der Waals surface area contributed by atoms with Gasteiger partial charge >= 0.3 is 18.3 Å². The van der Waals surface area contributed by atoms with E-state index in [9.17, 15) is 27.6 Å². The Bertz CT molecular complexity index is 1850. The summed E-state index contributed by atoms with van der Waals surface area (Å²) in [6, 6.07) is 9.28. The molecule has 1 aromatic heterocycles. The lowest BCUT2D eigenvalue weighted by atomic mass is 9.92. The second-order valence-electron chi connectivity index (χ2n) is 12.9. The molecule has 14 heteroatoms. The summed E-state index contributed by atoms with van der Waals surface area (Å²) in [6.07, 6.45) is -3.68. The summed E-state index contributed by atoms with van der Waals surface area (Å²) < 4.78 is 58.9. The number of pyridine rings is 1. The molecular weight excluding hydrogens is 619 g/mol. The maximum absolute atomic E-state index is 13.8. The molecule has 2 aliphatic heterocycles. The van der Waals surface area contributed by atoms with Gasteiger partial charge in [0, 0.05) is 35.0 Å². The van der Waals surface area contributed by atoms with Gasteiger partial charge in [-0.05, 0) is 89.1 Å². The Labute approximate surface area is 267 Å². The van der Waals surface area contributed by atoms with Gasteiger partial charge < -0.3 is 35.5 Å². The zero-order valence-electron chi connectivity index (χ0n) is 26.1. The van der Waals surface area contributed by atoms with E-state index in [-0.39, 0.29) is 17.2 Å². The number of carbonyl (C=O) groups excluding carboxylic acids is 3. The molecule has 3 heterocycles. The number of aromatic nitrogens is 1. The van der Waals surface area contributed by atoms with Gasteiger partial charge in [-0.1, -0.05) is 0 Å². The topological polar surface area (TPSA) is 140 Å². The number of anilines is 2. The van der Waals surface area contributed by atoms with Crippen molar-refractivity contribution in [1.82, 2.24) is 15.6 Å². The van der Waals surface area contributed by atoms with Crippen molar-refractivity contribution in [2.45, 2.75) is 70.9 Å². The highest BCUT2D eigenvalue weighted by atomic mass is 19.4. The van der Waals surface area contributed by atoms with Gasteiger partial charge in [0.05, 0.1) is 16.8 Å². The second kappa shape index (κ2) is 11.2. The predicted octanol–water partition coefficient (Wildman–Crippen LogP) is 6.84. The van der Waals surface area contributed by atoms with Crippen LogP contribution in [0, 0.1) is 0 Å². The average Bonchev–Trinajstić information content (AvgIpc) is 3.46. The predicted molar refractivity (Wildman–Crippen MR) is 165 cm³/mol. The number of hydrogen-bond acceptors (Lipinski definition) is 7. The van der Waals surface area contributed by atoms with E-state index in [1.165, 1.54) is 19.9 Å². The van der Waals surface area contributed by atoms with Crippen molar-refractivity contribution in [3.63, 3.8) is 0 Å². The van der Waals surface area contributed by atoms with Gasteiger partial charge in [0.25, 0.3) is 0 Å². The molecule has 11 nitrogen and oxygen atoms in total. The number of fused-ring (bicyclic) bond motifs is 4. The summed E-state index contributed by atoms with van der Waals surface area (Å²) >= 11 is 0. The van der Waals surface area contributed by atoms with Gasteiger partial charge in [0.1, 0.15) is 28.7 Å². The number of alkyl halides is 3. The Hall–Kier alpha value is -5.27. The molecule has 6 rings (SSSR count). The van der Waals surface area contributed by atoms with Crippen LogP contribution in [-0.2, 0) is 27.7 Å². The number of carbonyl (C=O) groups is 3. The fourth-order valence-corrected chi connectivity index (χ4v) is 5.37. The minimum Gasteiger partial charge on any atom is -0.479 e. The van der Waals surface area contributed by atoms with Gasteiger partial charge in [-0.15, -0.1) is 0 Å². The Kier molecular flexibility index (Phi) is 7.56. The number of alkyl carbamates (subject to hydrolysis) is 1. The molecular formula is C33H32F3N5O6. The third-order valence-electron chi connectivity index (χ3n) is 7.62. The maximum Gasteiger partial charge on any atom is 0.416 e. The summed E-state index contributed by atoms with van der Waals surface area (Å²) in [7, 11) is 0. The van der Waals surface area contributed by atoms with Crippen LogP contribution in [0.4, 0.5) is 34.3 Å². The highest BCUT2D eigenvalue weighted by molar-refractivity contribution is 6.00. The number of ether oxygens (including phenoxy) is 3. The van der Waals surface area contributed by atoms with Crippen LogP contribution < -0.4 is 30.7 Å². The zero-order valence-corrected chi connectivity index (χ0v) is 26.1. The normalized spacial score (nSPS) is 16.6. The van der Waals surface area contributed by atoms with Crippen molar-refractivity contribution in [1.29, 1.82) is 0 Å². The number of nitrogens with zero attached hydrogens (tertiary/aromatic N) is 1. The van der Waals surface area contributed by atoms with E-state index < -0.39 is 41.1 Å². The first-order valence-electron chi connectivity index (χ1n) is 14.8. The van der Waals surface area contributed by atoms with Crippen LogP contribution in [0.5, 0.6) is 17.2 Å². The molecule has 0 spiro atoms. The lowest BCUT2D eigenvalue weighted by Crippen LogP contribution is -2.44. The van der Waals surface area contributed by atoms with Gasteiger partial charge in [-0.3, -0.25) is 4.79 Å². The van der Waals surface area contributed by atoms with Gasteiger partial charge in [0.15, 0.2) is 6.10 Å².